The molecular weight excluding hydrogens is 361 g/mol. The lowest BCUT2D eigenvalue weighted by Crippen LogP contribution is -2.39. The van der Waals surface area contributed by atoms with Crippen LogP contribution in [0.5, 0.6) is 0 Å². The second-order valence-electron chi connectivity index (χ2n) is 7.84. The van der Waals surface area contributed by atoms with E-state index in [1.807, 2.05) is 6.07 Å². The van der Waals surface area contributed by atoms with E-state index >= 15 is 0 Å². The number of carbonyl (C=O) groups is 1. The molecule has 1 N–H and O–H groups in total. The van der Waals surface area contributed by atoms with E-state index in [2.05, 4.69) is 10.1 Å². The van der Waals surface area contributed by atoms with Crippen molar-refractivity contribution in [3.8, 4) is 0 Å². The Balaban J connectivity index is 1.38. The molecule has 0 radical (unpaired) electrons. The summed E-state index contributed by atoms with van der Waals surface area (Å²) < 4.78 is 18.8. The minimum absolute atomic E-state index is 0.155. The summed E-state index contributed by atoms with van der Waals surface area (Å²) in [6.07, 6.45) is 2.91. The van der Waals surface area contributed by atoms with Crippen molar-refractivity contribution in [2.24, 2.45) is 0 Å². The highest BCUT2D eigenvalue weighted by atomic mass is 19.1. The van der Waals surface area contributed by atoms with Gasteiger partial charge in [0.1, 0.15) is 5.82 Å². The predicted molar refractivity (Wildman–Crippen MR) is 101 cm³/mol. The van der Waals surface area contributed by atoms with E-state index < -0.39 is 0 Å². The molecule has 1 atom stereocenters. The maximum Gasteiger partial charge on any atom is 0.292 e. The number of nitrogens with zero attached hydrogens (tertiary/aromatic N) is 3. The van der Waals surface area contributed by atoms with Crippen LogP contribution in [0.25, 0.3) is 0 Å². The van der Waals surface area contributed by atoms with E-state index in [1.54, 1.807) is 23.1 Å². The van der Waals surface area contributed by atoms with Crippen LogP contribution in [0.2, 0.25) is 0 Å². The minimum atomic E-state index is -0.319. The van der Waals surface area contributed by atoms with Crippen LogP contribution in [0, 0.1) is 5.82 Å². The lowest BCUT2D eigenvalue weighted by molar-refractivity contribution is 0.0512. The van der Waals surface area contributed by atoms with Gasteiger partial charge < -0.3 is 14.5 Å². The fraction of sp³-hybridized carbons (Fsp3) is 0.524. The summed E-state index contributed by atoms with van der Waals surface area (Å²) >= 11 is 0. The number of aliphatic hydroxyl groups excluding tert-OH is 1. The van der Waals surface area contributed by atoms with Crippen LogP contribution in [0.15, 0.2) is 34.9 Å². The first-order chi connectivity index (χ1) is 13.6. The van der Waals surface area contributed by atoms with Crippen molar-refractivity contribution in [1.29, 1.82) is 0 Å². The molecule has 3 heterocycles. The average molecular weight is 387 g/mol. The number of amides is 1. The third-order valence-electron chi connectivity index (χ3n) is 5.71. The van der Waals surface area contributed by atoms with Crippen LogP contribution in [0.1, 0.15) is 53.4 Å². The maximum atomic E-state index is 13.4. The monoisotopic (exact) mass is 387 g/mol. The van der Waals surface area contributed by atoms with Gasteiger partial charge in [-0.2, -0.15) is 0 Å². The number of aliphatic hydroxyl groups is 1. The molecule has 1 aromatic heterocycles. The Labute approximate surface area is 163 Å². The minimum Gasteiger partial charge on any atom is -0.393 e. The molecule has 1 amide bonds. The van der Waals surface area contributed by atoms with E-state index in [-0.39, 0.29) is 29.5 Å². The van der Waals surface area contributed by atoms with Gasteiger partial charge in [-0.15, -0.1) is 0 Å². The number of piperidine rings is 2. The summed E-state index contributed by atoms with van der Waals surface area (Å²) in [5, 5.41) is 13.8. The van der Waals surface area contributed by atoms with Crippen LogP contribution in [0.4, 0.5) is 4.39 Å². The molecular formula is C21H26FN3O3. The Morgan fingerprint density at radius 2 is 2.04 bits per heavy atom. The Bertz CT molecular complexity index is 817. The molecule has 0 spiro atoms. The van der Waals surface area contributed by atoms with Crippen molar-refractivity contribution in [3.63, 3.8) is 0 Å². The lowest BCUT2D eigenvalue weighted by Gasteiger charge is -2.31. The van der Waals surface area contributed by atoms with Gasteiger partial charge in [-0.25, -0.2) is 4.39 Å². The zero-order chi connectivity index (χ0) is 19.5. The van der Waals surface area contributed by atoms with E-state index in [1.165, 1.54) is 6.07 Å². The van der Waals surface area contributed by atoms with Gasteiger partial charge in [-0.05, 0) is 49.9 Å². The molecule has 2 saturated heterocycles. The average Bonchev–Trinajstić information content (AvgIpc) is 3.19. The first kappa shape index (κ1) is 19.1. The molecule has 2 aliphatic rings. The molecule has 0 unspecified atom stereocenters. The molecule has 6 nitrogen and oxygen atoms in total. The molecule has 2 aromatic rings. The lowest BCUT2D eigenvalue weighted by atomic mass is 9.94. The van der Waals surface area contributed by atoms with Gasteiger partial charge in [0.25, 0.3) is 5.91 Å². The highest BCUT2D eigenvalue weighted by molar-refractivity contribution is 5.91. The van der Waals surface area contributed by atoms with Crippen LogP contribution in [0.3, 0.4) is 0 Å². The summed E-state index contributed by atoms with van der Waals surface area (Å²) in [6, 6.07) is 8.48. The van der Waals surface area contributed by atoms with Gasteiger partial charge in [0.15, 0.2) is 0 Å². The summed E-state index contributed by atoms with van der Waals surface area (Å²) in [4.78, 5) is 16.6. The Kier molecular flexibility index (Phi) is 5.73. The normalized spacial score (nSPS) is 21.8. The van der Waals surface area contributed by atoms with Crippen molar-refractivity contribution in [3.05, 3.63) is 53.2 Å². The van der Waals surface area contributed by atoms with E-state index in [9.17, 15) is 14.3 Å². The van der Waals surface area contributed by atoms with Gasteiger partial charge in [0.05, 0.1) is 11.8 Å². The van der Waals surface area contributed by atoms with Crippen LogP contribution < -0.4 is 0 Å². The van der Waals surface area contributed by atoms with Gasteiger partial charge in [0, 0.05) is 38.2 Å². The van der Waals surface area contributed by atoms with Crippen molar-refractivity contribution in [2.45, 2.75) is 44.2 Å². The van der Waals surface area contributed by atoms with Crippen molar-refractivity contribution < 1.29 is 18.8 Å². The smallest absolute Gasteiger partial charge is 0.292 e. The fourth-order valence-corrected chi connectivity index (χ4v) is 4.14. The van der Waals surface area contributed by atoms with Crippen LogP contribution >= 0.6 is 0 Å². The second-order valence-corrected chi connectivity index (χ2v) is 7.84. The van der Waals surface area contributed by atoms with E-state index in [0.29, 0.717) is 32.5 Å². The molecule has 0 bridgehead atoms. The number of carbonyl (C=O) groups excluding carboxylic acids is 1. The molecule has 0 aliphatic carbocycles. The van der Waals surface area contributed by atoms with Gasteiger partial charge >= 0.3 is 0 Å². The Morgan fingerprint density at radius 1 is 1.21 bits per heavy atom. The van der Waals surface area contributed by atoms with Crippen LogP contribution in [-0.4, -0.2) is 58.3 Å². The molecule has 0 saturated carbocycles. The summed E-state index contributed by atoms with van der Waals surface area (Å²) in [6.45, 7) is 3.56. The standard InChI is InChI=1S/C21H26FN3O3/c22-17-5-1-3-15(11-17)13-24-8-2-4-16(14-24)19-12-20(28-23-19)21(27)25-9-6-18(26)7-10-25/h1,3,5,11-12,16,18,26H,2,4,6-10,13-14H2/t16-/m0/s1. The second kappa shape index (κ2) is 8.41. The number of rotatable bonds is 4. The molecule has 150 valence electrons. The zero-order valence-electron chi connectivity index (χ0n) is 15.9. The first-order valence-electron chi connectivity index (χ1n) is 9.99. The maximum absolute atomic E-state index is 13.4. The summed E-state index contributed by atoms with van der Waals surface area (Å²) in [7, 11) is 0. The van der Waals surface area contributed by atoms with Gasteiger partial charge in [-0.1, -0.05) is 17.3 Å². The van der Waals surface area contributed by atoms with Crippen molar-refractivity contribution in [2.75, 3.05) is 26.2 Å². The topological polar surface area (TPSA) is 69.8 Å². The number of hydrogen-bond donors (Lipinski definition) is 1. The Hall–Kier alpha value is -2.25. The van der Waals surface area contributed by atoms with Gasteiger partial charge in [-0.3, -0.25) is 9.69 Å². The molecule has 2 fully saturated rings. The molecule has 7 heteroatoms. The van der Waals surface area contributed by atoms with E-state index in [4.69, 9.17) is 4.52 Å². The Morgan fingerprint density at radius 3 is 2.82 bits per heavy atom. The number of hydrogen-bond acceptors (Lipinski definition) is 5. The van der Waals surface area contributed by atoms with E-state index in [0.717, 1.165) is 37.2 Å². The number of likely N-dealkylation sites (tertiary alicyclic amines) is 2. The molecule has 4 rings (SSSR count). The highest BCUT2D eigenvalue weighted by Crippen LogP contribution is 2.28. The third kappa shape index (κ3) is 4.42. The third-order valence-corrected chi connectivity index (χ3v) is 5.71. The fourth-order valence-electron chi connectivity index (χ4n) is 4.14. The molecule has 1 aromatic carbocycles. The molecule has 28 heavy (non-hydrogen) atoms. The quantitative estimate of drug-likeness (QED) is 0.874. The largest absolute Gasteiger partial charge is 0.393 e. The zero-order valence-corrected chi connectivity index (χ0v) is 15.9. The van der Waals surface area contributed by atoms with Crippen molar-refractivity contribution in [1.82, 2.24) is 15.0 Å². The summed E-state index contributed by atoms with van der Waals surface area (Å²) in [5.41, 5.74) is 1.77. The SMILES string of the molecule is O=C(c1cc([C@H]2CCCN(Cc3cccc(F)c3)C2)no1)N1CCC(O)CC1. The molecule has 2 aliphatic heterocycles. The number of aromatic nitrogens is 1. The predicted octanol–water partition coefficient (Wildman–Crippen LogP) is 2.79. The summed E-state index contributed by atoms with van der Waals surface area (Å²) in [5.74, 6) is 0.110. The number of benzene rings is 1. The van der Waals surface area contributed by atoms with Crippen LogP contribution in [-0.2, 0) is 6.54 Å². The highest BCUT2D eigenvalue weighted by Gasteiger charge is 2.28. The number of halogens is 1. The van der Waals surface area contributed by atoms with Crippen molar-refractivity contribution >= 4 is 5.91 Å². The van der Waals surface area contributed by atoms with Gasteiger partial charge in [0.2, 0.25) is 5.76 Å². The first-order valence-corrected chi connectivity index (χ1v) is 9.99.